The third-order valence-corrected chi connectivity index (χ3v) is 5.22. The summed E-state index contributed by atoms with van der Waals surface area (Å²) in [5.74, 6) is 0.263. The van der Waals surface area contributed by atoms with E-state index in [9.17, 15) is 4.79 Å². The van der Waals surface area contributed by atoms with Crippen molar-refractivity contribution in [2.45, 2.75) is 6.42 Å². The lowest BCUT2D eigenvalue weighted by Crippen LogP contribution is -2.11. The van der Waals surface area contributed by atoms with E-state index in [0.717, 1.165) is 27.0 Å². The largest absolute Gasteiger partial charge is 0.426 e. The Hall–Kier alpha value is -2.50. The average Bonchev–Trinajstić information content (AvgIpc) is 3.26. The molecule has 5 heteroatoms. The number of ether oxygens (including phenoxy) is 1. The molecule has 0 amide bonds. The Balaban J connectivity index is 1.46. The second-order valence-electron chi connectivity index (χ2n) is 5.32. The summed E-state index contributed by atoms with van der Waals surface area (Å²) in [5.41, 5.74) is 1.84. The van der Waals surface area contributed by atoms with E-state index in [0.29, 0.717) is 5.75 Å². The van der Waals surface area contributed by atoms with Gasteiger partial charge in [0.05, 0.1) is 12.1 Å². The number of hydrogen-bond donors (Lipinski definition) is 0. The van der Waals surface area contributed by atoms with Gasteiger partial charge in [-0.05, 0) is 34.4 Å². The lowest BCUT2D eigenvalue weighted by molar-refractivity contribution is -0.133. The summed E-state index contributed by atoms with van der Waals surface area (Å²) in [4.78, 5) is 16.7. The maximum Gasteiger partial charge on any atom is 0.317 e. The van der Waals surface area contributed by atoms with E-state index >= 15 is 0 Å². The third kappa shape index (κ3) is 3.22. The molecule has 3 nitrogen and oxygen atoms in total. The summed E-state index contributed by atoms with van der Waals surface area (Å²) in [5, 5.41) is 9.09. The van der Waals surface area contributed by atoms with Crippen LogP contribution in [-0.4, -0.2) is 11.0 Å². The number of fused-ring (bicyclic) bond motifs is 1. The minimum absolute atomic E-state index is 0.174. The SMILES string of the molecule is O=C(Cc1csc(-c2ccsc2)n1)Oc1ccc2ccccc2c1. The first-order chi connectivity index (χ1) is 11.8. The summed E-state index contributed by atoms with van der Waals surface area (Å²) in [6.45, 7) is 0. The van der Waals surface area contributed by atoms with Crippen LogP contribution in [-0.2, 0) is 11.2 Å². The summed E-state index contributed by atoms with van der Waals surface area (Å²) in [7, 11) is 0. The first-order valence-electron chi connectivity index (χ1n) is 7.44. The van der Waals surface area contributed by atoms with E-state index in [2.05, 4.69) is 10.4 Å². The molecule has 2 aromatic heterocycles. The molecule has 0 spiro atoms. The Labute approximate surface area is 147 Å². The number of hydrogen-bond acceptors (Lipinski definition) is 5. The number of aromatic nitrogens is 1. The van der Waals surface area contributed by atoms with E-state index in [1.165, 1.54) is 0 Å². The van der Waals surface area contributed by atoms with Crippen molar-refractivity contribution in [1.29, 1.82) is 0 Å². The van der Waals surface area contributed by atoms with Crippen molar-refractivity contribution >= 4 is 39.4 Å². The number of thiophene rings is 1. The van der Waals surface area contributed by atoms with Crippen LogP contribution in [0.2, 0.25) is 0 Å². The van der Waals surface area contributed by atoms with Gasteiger partial charge in [0.15, 0.2) is 0 Å². The van der Waals surface area contributed by atoms with Gasteiger partial charge in [-0.25, -0.2) is 4.98 Å². The molecular formula is C19H13NO2S2. The van der Waals surface area contributed by atoms with E-state index in [-0.39, 0.29) is 12.4 Å². The van der Waals surface area contributed by atoms with Crippen LogP contribution in [0.4, 0.5) is 0 Å². The van der Waals surface area contributed by atoms with Crippen molar-refractivity contribution in [3.8, 4) is 16.3 Å². The molecule has 2 heterocycles. The van der Waals surface area contributed by atoms with Crippen LogP contribution in [0.5, 0.6) is 5.75 Å². The minimum Gasteiger partial charge on any atom is -0.426 e. The van der Waals surface area contributed by atoms with Gasteiger partial charge in [-0.3, -0.25) is 4.79 Å². The molecule has 0 atom stereocenters. The van der Waals surface area contributed by atoms with Crippen molar-refractivity contribution in [3.63, 3.8) is 0 Å². The lowest BCUT2D eigenvalue weighted by atomic mass is 10.1. The van der Waals surface area contributed by atoms with Gasteiger partial charge >= 0.3 is 5.97 Å². The van der Waals surface area contributed by atoms with Crippen molar-refractivity contribution < 1.29 is 9.53 Å². The lowest BCUT2D eigenvalue weighted by Gasteiger charge is -2.04. The van der Waals surface area contributed by atoms with Gasteiger partial charge in [0.2, 0.25) is 0 Å². The molecule has 0 saturated heterocycles. The molecule has 0 radical (unpaired) electrons. The predicted molar refractivity (Wildman–Crippen MR) is 98.7 cm³/mol. The molecule has 24 heavy (non-hydrogen) atoms. The molecule has 0 bridgehead atoms. The van der Waals surface area contributed by atoms with Gasteiger partial charge in [-0.15, -0.1) is 11.3 Å². The summed E-state index contributed by atoms with van der Waals surface area (Å²) < 4.78 is 5.45. The first kappa shape index (κ1) is 15.1. The highest BCUT2D eigenvalue weighted by molar-refractivity contribution is 7.14. The topological polar surface area (TPSA) is 39.2 Å². The van der Waals surface area contributed by atoms with E-state index in [1.54, 1.807) is 22.7 Å². The van der Waals surface area contributed by atoms with Crippen molar-refractivity contribution in [1.82, 2.24) is 4.98 Å². The number of rotatable bonds is 4. The second kappa shape index (κ2) is 6.55. The standard InChI is InChI=1S/C19H13NO2S2/c21-18(10-16-12-24-19(20-16)15-7-8-23-11-15)22-17-6-5-13-3-1-2-4-14(13)9-17/h1-9,11-12H,10H2. The van der Waals surface area contributed by atoms with Gasteiger partial charge in [-0.1, -0.05) is 30.3 Å². The second-order valence-corrected chi connectivity index (χ2v) is 6.95. The average molecular weight is 351 g/mol. The smallest absolute Gasteiger partial charge is 0.317 e. The fourth-order valence-electron chi connectivity index (χ4n) is 2.45. The van der Waals surface area contributed by atoms with Gasteiger partial charge < -0.3 is 4.74 Å². The molecule has 0 unspecified atom stereocenters. The molecule has 0 saturated carbocycles. The zero-order valence-corrected chi connectivity index (χ0v) is 14.3. The Morgan fingerprint density at radius 2 is 1.92 bits per heavy atom. The number of benzene rings is 2. The van der Waals surface area contributed by atoms with E-state index in [4.69, 9.17) is 4.74 Å². The number of thiazole rings is 1. The van der Waals surface area contributed by atoms with Crippen molar-refractivity contribution in [2.24, 2.45) is 0 Å². The van der Waals surface area contributed by atoms with Crippen LogP contribution in [0.1, 0.15) is 5.69 Å². The molecule has 118 valence electrons. The number of carbonyl (C=O) groups is 1. The Bertz CT molecular complexity index is 989. The van der Waals surface area contributed by atoms with Crippen molar-refractivity contribution in [3.05, 3.63) is 70.4 Å². The fraction of sp³-hybridized carbons (Fsp3) is 0.0526. The predicted octanol–water partition coefficient (Wildman–Crippen LogP) is 5.17. The molecule has 0 aliphatic carbocycles. The minimum atomic E-state index is -0.299. The van der Waals surface area contributed by atoms with Crippen LogP contribution in [0.25, 0.3) is 21.3 Å². The number of carbonyl (C=O) groups excluding carboxylic acids is 1. The molecule has 0 aliphatic rings. The van der Waals surface area contributed by atoms with Crippen LogP contribution in [0.3, 0.4) is 0 Å². The highest BCUT2D eigenvalue weighted by Gasteiger charge is 2.11. The Kier molecular flexibility index (Phi) is 4.11. The summed E-state index contributed by atoms with van der Waals surface area (Å²) in [6, 6.07) is 15.7. The maximum atomic E-state index is 12.2. The highest BCUT2D eigenvalue weighted by Crippen LogP contribution is 2.26. The summed E-state index contributed by atoms with van der Waals surface area (Å²) in [6.07, 6.45) is 0.174. The Morgan fingerprint density at radius 1 is 1.04 bits per heavy atom. The maximum absolute atomic E-state index is 12.2. The van der Waals surface area contributed by atoms with Gasteiger partial charge in [0.25, 0.3) is 0 Å². The molecule has 0 fully saturated rings. The normalized spacial score (nSPS) is 10.8. The van der Waals surface area contributed by atoms with E-state index in [1.807, 2.05) is 59.3 Å². The van der Waals surface area contributed by atoms with Gasteiger partial charge in [-0.2, -0.15) is 11.3 Å². The quantitative estimate of drug-likeness (QED) is 0.376. The van der Waals surface area contributed by atoms with Crippen LogP contribution in [0.15, 0.2) is 64.7 Å². The van der Waals surface area contributed by atoms with Crippen LogP contribution in [0, 0.1) is 0 Å². The van der Waals surface area contributed by atoms with Crippen molar-refractivity contribution in [2.75, 3.05) is 0 Å². The van der Waals surface area contributed by atoms with Crippen LogP contribution >= 0.6 is 22.7 Å². The molecule has 4 aromatic rings. The van der Waals surface area contributed by atoms with E-state index < -0.39 is 0 Å². The zero-order valence-electron chi connectivity index (χ0n) is 12.6. The third-order valence-electron chi connectivity index (χ3n) is 3.60. The summed E-state index contributed by atoms with van der Waals surface area (Å²) >= 11 is 3.18. The zero-order chi connectivity index (χ0) is 16.4. The number of esters is 1. The highest BCUT2D eigenvalue weighted by atomic mass is 32.1. The molecule has 2 aromatic carbocycles. The first-order valence-corrected chi connectivity index (χ1v) is 9.27. The van der Waals surface area contributed by atoms with Crippen LogP contribution < -0.4 is 4.74 Å². The molecule has 4 rings (SSSR count). The molecular weight excluding hydrogens is 338 g/mol. The molecule has 0 N–H and O–H groups in total. The fourth-order valence-corrected chi connectivity index (χ4v) is 3.99. The molecule has 0 aliphatic heterocycles. The number of nitrogens with zero attached hydrogens (tertiary/aromatic N) is 1. The Morgan fingerprint density at radius 3 is 2.75 bits per heavy atom. The van der Waals surface area contributed by atoms with Gasteiger partial charge in [0.1, 0.15) is 10.8 Å². The monoisotopic (exact) mass is 351 g/mol. The van der Waals surface area contributed by atoms with Gasteiger partial charge in [0, 0.05) is 16.3 Å².